The smallest absolute Gasteiger partial charge is 0.326 e. The van der Waals surface area contributed by atoms with Gasteiger partial charge in [0.05, 0.1) is 32.5 Å². The van der Waals surface area contributed by atoms with Crippen molar-refractivity contribution >= 4 is 107 Å². The van der Waals surface area contributed by atoms with E-state index in [2.05, 4.69) is 53.2 Å². The third kappa shape index (κ3) is 25.0. The minimum atomic E-state index is -2.02. The number of carbonyl (C=O) groups is 18. The van der Waals surface area contributed by atoms with Crippen LogP contribution in [0.1, 0.15) is 144 Å². The van der Waals surface area contributed by atoms with Gasteiger partial charge in [-0.2, -0.15) is 0 Å². The molecular weight excluding hydrogens is 1320 g/mol. The lowest BCUT2D eigenvalue weighted by atomic mass is 10.0. The number of likely N-dealkylation sites (tertiary alicyclic amines) is 4. The molecule has 0 radical (unpaired) electrons. The van der Waals surface area contributed by atoms with Gasteiger partial charge in [-0.25, -0.2) is 4.79 Å². The summed E-state index contributed by atoms with van der Waals surface area (Å²) < 4.78 is 0. The highest BCUT2D eigenvalue weighted by molar-refractivity contribution is 6.01. The molecule has 4 saturated heterocycles. The molecule has 0 bridgehead atoms. The van der Waals surface area contributed by atoms with Gasteiger partial charge in [0.1, 0.15) is 72.5 Å². The monoisotopic (exact) mass is 1420 g/mol. The van der Waals surface area contributed by atoms with Crippen molar-refractivity contribution in [1.82, 2.24) is 72.8 Å². The molecule has 4 fully saturated rings. The van der Waals surface area contributed by atoms with Gasteiger partial charge in [0.25, 0.3) is 0 Å². The van der Waals surface area contributed by atoms with Crippen molar-refractivity contribution in [2.24, 2.45) is 23.3 Å². The Morgan fingerprint density at radius 1 is 0.420 bits per heavy atom. The zero-order valence-corrected chi connectivity index (χ0v) is 57.1. The normalized spacial score (nSPS) is 19.7. The van der Waals surface area contributed by atoms with Crippen molar-refractivity contribution in [3.63, 3.8) is 0 Å². The second-order valence-electron chi connectivity index (χ2n) is 26.0. The van der Waals surface area contributed by atoms with Crippen molar-refractivity contribution in [3.8, 4) is 0 Å². The maximum absolute atomic E-state index is 14.3. The summed E-state index contributed by atoms with van der Waals surface area (Å²) in [6.45, 7) is 7.73. The molecule has 0 aromatic rings. The van der Waals surface area contributed by atoms with Gasteiger partial charge >= 0.3 is 23.9 Å². The number of rotatable bonds is 39. The molecule has 0 saturated carbocycles. The summed E-state index contributed by atoms with van der Waals surface area (Å²) in [5.41, 5.74) is 11.2. The van der Waals surface area contributed by atoms with Gasteiger partial charge in [-0.3, -0.25) is 81.5 Å². The van der Waals surface area contributed by atoms with E-state index in [4.69, 9.17) is 11.5 Å². The first-order chi connectivity index (χ1) is 47.1. The molecule has 4 heterocycles. The fourth-order valence-corrected chi connectivity index (χ4v) is 12.2. The lowest BCUT2D eigenvalue weighted by molar-refractivity contribution is -0.151. The van der Waals surface area contributed by atoms with E-state index in [1.165, 1.54) is 19.6 Å². The average Bonchev–Trinajstić information content (AvgIpc) is 1.63. The van der Waals surface area contributed by atoms with E-state index in [0.717, 1.165) is 13.8 Å². The molecule has 100 heavy (non-hydrogen) atoms. The van der Waals surface area contributed by atoms with Gasteiger partial charge in [-0.1, -0.05) is 27.7 Å². The number of aliphatic carboxylic acids is 4. The predicted molar refractivity (Wildman–Crippen MR) is 347 cm³/mol. The number of carboxylic acid groups (broad SMARTS) is 4. The first kappa shape index (κ1) is 82.8. The third-order valence-electron chi connectivity index (χ3n) is 17.3. The van der Waals surface area contributed by atoms with Gasteiger partial charge in [0, 0.05) is 32.6 Å². The molecule has 38 heteroatoms. The Morgan fingerprint density at radius 2 is 0.850 bits per heavy atom. The van der Waals surface area contributed by atoms with Gasteiger partial charge in [-0.15, -0.1) is 0 Å². The van der Waals surface area contributed by atoms with Crippen LogP contribution in [-0.4, -0.2) is 271 Å². The van der Waals surface area contributed by atoms with Crippen molar-refractivity contribution in [3.05, 3.63) is 0 Å². The van der Waals surface area contributed by atoms with Crippen molar-refractivity contribution in [1.29, 1.82) is 0 Å². The highest BCUT2D eigenvalue weighted by atomic mass is 16.4. The van der Waals surface area contributed by atoms with Crippen LogP contribution in [0.5, 0.6) is 0 Å². The highest BCUT2D eigenvalue weighted by Gasteiger charge is 2.47. The Kier molecular flexibility index (Phi) is 33.0. The number of hydrogen-bond acceptors (Lipinski definition) is 20. The van der Waals surface area contributed by atoms with Crippen LogP contribution < -0.4 is 64.6 Å². The molecule has 0 aromatic heterocycles. The van der Waals surface area contributed by atoms with E-state index in [9.17, 15) is 107 Å². The van der Waals surface area contributed by atoms with E-state index in [1.807, 2.05) is 0 Å². The Balaban J connectivity index is 1.35. The summed E-state index contributed by atoms with van der Waals surface area (Å²) in [6, 6.07) is -16.4. The van der Waals surface area contributed by atoms with Crippen LogP contribution in [0.15, 0.2) is 0 Å². The summed E-state index contributed by atoms with van der Waals surface area (Å²) in [5, 5.41) is 61.6. The average molecular weight is 1420 g/mol. The quantitative estimate of drug-likeness (QED) is 0.0255. The van der Waals surface area contributed by atoms with Crippen LogP contribution in [0.2, 0.25) is 0 Å². The summed E-state index contributed by atoms with van der Waals surface area (Å²) >= 11 is 0. The topological polar surface area (TPSA) is 573 Å². The number of nitrogens with one attached hydrogen (secondary N) is 10. The van der Waals surface area contributed by atoms with E-state index in [0.29, 0.717) is 32.1 Å². The molecule has 38 nitrogen and oxygen atoms in total. The number of carbonyl (C=O) groups excluding carboxylic acids is 14. The molecule has 18 N–H and O–H groups in total. The largest absolute Gasteiger partial charge is 0.481 e. The van der Waals surface area contributed by atoms with Gasteiger partial charge < -0.3 is 105 Å². The molecule has 0 aromatic carbocycles. The van der Waals surface area contributed by atoms with Crippen LogP contribution in [-0.2, 0) is 86.3 Å². The Morgan fingerprint density at radius 3 is 1.35 bits per heavy atom. The SMILES string of the molecule is CC(C)CC(NC(=O)CNC(=O)C(C)NC(=O)C(CC(=O)O)NC(=O)C(CC(=O)O)NC(=O)C(C)NC(=O)C1CCCN1C(=O)C(CCCCN)NC(=O)CNC(=O)C1CCCN1C(=O)C1CCCN1C(=O)C1CCCN1C(=O)C(CCC(=O)O)NC(=O)CN)C(=O)NC(C(=O)O)C(C)C. The summed E-state index contributed by atoms with van der Waals surface area (Å²) in [4.78, 5) is 242. The van der Waals surface area contributed by atoms with E-state index < -0.39 is 224 Å². The second kappa shape index (κ2) is 39.8. The molecule has 0 aliphatic carbocycles. The molecule has 4 rings (SSSR count). The number of nitrogens with zero attached hydrogens (tertiary/aromatic N) is 4. The van der Waals surface area contributed by atoms with Crippen molar-refractivity contribution < 1.29 is 107 Å². The van der Waals surface area contributed by atoms with E-state index >= 15 is 0 Å². The predicted octanol–water partition coefficient (Wildman–Crippen LogP) is -6.21. The first-order valence-electron chi connectivity index (χ1n) is 33.6. The molecule has 4 aliphatic heterocycles. The first-order valence-corrected chi connectivity index (χ1v) is 33.6. The number of hydrogen-bond donors (Lipinski definition) is 16. The van der Waals surface area contributed by atoms with Crippen molar-refractivity contribution in [2.45, 2.75) is 217 Å². The lowest BCUT2D eigenvalue weighted by Gasteiger charge is -2.35. The standard InChI is InChI=1S/C62H98N16O22/c1-31(2)25-37(55(92)74-50(32(3)4)62(99)100)71-46(81)29-65-51(88)33(5)67-53(90)38(26-48(84)85)73-54(91)39(27-49(86)87)72-52(89)34(6)68-57(94)41-15-10-21-75(41)58(95)35(13-7-8-20-63)70-45(80)30-66-56(93)40-14-9-22-76(40)60(97)43-17-12-24-78(43)61(98)42-16-11-23-77(42)59(96)36(18-19-47(82)83)69-44(79)28-64/h31-43,50H,7-30,63-64H2,1-6H3,(H,65,88)(H,66,93)(H,67,90)(H,68,94)(H,69,79)(H,70,80)(H,71,81)(H,72,89)(H,73,91)(H,74,92)(H,82,83)(H,84,85)(H,86,87)(H,99,100). The highest BCUT2D eigenvalue weighted by Crippen LogP contribution is 2.29. The van der Waals surface area contributed by atoms with Gasteiger partial charge in [-0.05, 0) is 116 Å². The fraction of sp³-hybridized carbons (Fsp3) is 0.710. The summed E-state index contributed by atoms with van der Waals surface area (Å²) in [5.74, 6) is -18.5. The Hall–Kier alpha value is -9.62. The minimum Gasteiger partial charge on any atom is -0.481 e. The lowest BCUT2D eigenvalue weighted by Crippen LogP contribution is -2.59. The molecule has 558 valence electrons. The molecule has 14 amide bonds. The maximum atomic E-state index is 14.3. The maximum Gasteiger partial charge on any atom is 0.326 e. The zero-order chi connectivity index (χ0) is 74.8. The van der Waals surface area contributed by atoms with E-state index in [-0.39, 0.29) is 90.0 Å². The Labute approximate surface area is 576 Å². The number of amides is 14. The summed E-state index contributed by atoms with van der Waals surface area (Å²) in [6.07, 6.45) is 0.156. The van der Waals surface area contributed by atoms with Crippen LogP contribution >= 0.6 is 0 Å². The van der Waals surface area contributed by atoms with Crippen LogP contribution in [0.25, 0.3) is 0 Å². The molecule has 12 atom stereocenters. The van der Waals surface area contributed by atoms with E-state index in [1.54, 1.807) is 27.7 Å². The fourth-order valence-electron chi connectivity index (χ4n) is 12.2. The van der Waals surface area contributed by atoms with Gasteiger partial charge in [0.2, 0.25) is 82.7 Å². The third-order valence-corrected chi connectivity index (χ3v) is 17.3. The molecule has 12 unspecified atom stereocenters. The zero-order valence-electron chi connectivity index (χ0n) is 57.1. The van der Waals surface area contributed by atoms with Crippen LogP contribution in [0.3, 0.4) is 0 Å². The number of unbranched alkanes of at least 4 members (excludes halogenated alkanes) is 1. The molecule has 4 aliphatic rings. The Bertz CT molecular complexity index is 3040. The van der Waals surface area contributed by atoms with Crippen molar-refractivity contribution in [2.75, 3.05) is 52.4 Å². The van der Waals surface area contributed by atoms with Crippen LogP contribution in [0, 0.1) is 11.8 Å². The molecule has 0 spiro atoms. The summed E-state index contributed by atoms with van der Waals surface area (Å²) in [7, 11) is 0. The molecular formula is C62H98N16O22. The van der Waals surface area contributed by atoms with Gasteiger partial charge in [0.15, 0.2) is 0 Å². The second-order valence-corrected chi connectivity index (χ2v) is 26.0. The van der Waals surface area contributed by atoms with Crippen LogP contribution in [0.4, 0.5) is 0 Å². The number of nitrogens with two attached hydrogens (primary N) is 2. The minimum absolute atomic E-state index is 0.0126. The number of carboxylic acids is 4.